The molecule has 0 aromatic carbocycles. The molecule has 1 heterocycles. The third kappa shape index (κ3) is 7.64. The Bertz CT molecular complexity index is 331. The minimum absolute atomic E-state index is 0.393. The molecule has 18 heavy (non-hydrogen) atoms. The molecule has 0 fully saturated rings. The van der Waals surface area contributed by atoms with Crippen LogP contribution in [-0.4, -0.2) is 47.0 Å². The highest BCUT2D eigenvalue weighted by Gasteiger charge is 2.11. The van der Waals surface area contributed by atoms with E-state index in [0.717, 1.165) is 18.6 Å². The van der Waals surface area contributed by atoms with Gasteiger partial charge in [-0.3, -0.25) is 0 Å². The second-order valence-electron chi connectivity index (χ2n) is 3.33. The van der Waals surface area contributed by atoms with Gasteiger partial charge in [0.15, 0.2) is 0 Å². The minimum Gasteiger partial charge on any atom is -0.473 e. The first kappa shape index (κ1) is 16.4. The van der Waals surface area contributed by atoms with Crippen LogP contribution in [0.1, 0.15) is 13.3 Å². The van der Waals surface area contributed by atoms with Gasteiger partial charge in [0.2, 0.25) is 0 Å². The number of oxime groups is 1. The maximum absolute atomic E-state index is 9.10. The molecule has 3 N–H and O–H groups in total. The lowest BCUT2D eigenvalue weighted by atomic mass is 10.1. The normalized spacial score (nSPS) is 18.6. The molecular weight excluding hydrogens is 264 g/mol. The fraction of sp³-hybridized carbons (Fsp3) is 0.500. The summed E-state index contributed by atoms with van der Waals surface area (Å²) >= 11 is 5.20. The van der Waals surface area contributed by atoms with Crippen molar-refractivity contribution in [3.63, 3.8) is 0 Å². The van der Waals surface area contributed by atoms with Crippen molar-refractivity contribution < 1.29 is 24.6 Å². The highest BCUT2D eigenvalue weighted by atomic mass is 35.5. The molecule has 8 heteroatoms. The largest absolute Gasteiger partial charge is 0.473 e. The van der Waals surface area contributed by atoms with Gasteiger partial charge in [-0.05, 0) is 25.5 Å². The number of carbonyl (C=O) groups is 2. The van der Waals surface area contributed by atoms with Crippen LogP contribution >= 0.6 is 11.6 Å². The summed E-state index contributed by atoms with van der Waals surface area (Å²) in [6, 6.07) is 0.393. The van der Waals surface area contributed by atoms with E-state index in [-0.39, 0.29) is 0 Å². The number of aliphatic carboxylic acids is 2. The summed E-state index contributed by atoms with van der Waals surface area (Å²) < 4.78 is 0. The Hall–Kier alpha value is -1.60. The molecule has 0 aliphatic carbocycles. The van der Waals surface area contributed by atoms with Crippen LogP contribution in [0.3, 0.4) is 0 Å². The topological polar surface area (TPSA) is 108 Å². The summed E-state index contributed by atoms with van der Waals surface area (Å²) in [6.45, 7) is 3.68. The Kier molecular flexibility index (Phi) is 8.59. The fourth-order valence-electron chi connectivity index (χ4n) is 1.19. The van der Waals surface area contributed by atoms with Gasteiger partial charge in [-0.15, -0.1) is 0 Å². The fourth-order valence-corrected chi connectivity index (χ4v) is 1.25. The van der Waals surface area contributed by atoms with Crippen LogP contribution < -0.4 is 5.32 Å². The molecule has 0 aromatic rings. The van der Waals surface area contributed by atoms with Crippen molar-refractivity contribution in [1.29, 1.82) is 0 Å². The second kappa shape index (κ2) is 9.43. The van der Waals surface area contributed by atoms with E-state index in [9.17, 15) is 0 Å². The second-order valence-corrected chi connectivity index (χ2v) is 3.53. The monoisotopic (exact) mass is 278 g/mol. The minimum atomic E-state index is -1.82. The molecule has 1 aliphatic rings. The molecule has 1 unspecified atom stereocenters. The van der Waals surface area contributed by atoms with E-state index >= 15 is 0 Å². The molecule has 1 rings (SSSR count). The highest BCUT2D eigenvalue weighted by Crippen LogP contribution is 2.08. The van der Waals surface area contributed by atoms with E-state index in [0.29, 0.717) is 12.6 Å². The van der Waals surface area contributed by atoms with Crippen LogP contribution in [0.2, 0.25) is 0 Å². The van der Waals surface area contributed by atoms with Crippen molar-refractivity contribution in [3.05, 3.63) is 11.6 Å². The van der Waals surface area contributed by atoms with Crippen LogP contribution in [0.25, 0.3) is 0 Å². The zero-order valence-electron chi connectivity index (χ0n) is 9.80. The lowest BCUT2D eigenvalue weighted by Gasteiger charge is -2.20. The summed E-state index contributed by atoms with van der Waals surface area (Å²) in [5, 5.41) is 21.6. The summed E-state index contributed by atoms with van der Waals surface area (Å²) in [7, 11) is 0. The Balaban J connectivity index is 0.000000411. The highest BCUT2D eigenvalue weighted by molar-refractivity contribution is 6.56. The average Bonchev–Trinajstić information content (AvgIpc) is 2.32. The van der Waals surface area contributed by atoms with Gasteiger partial charge in [0.1, 0.15) is 12.3 Å². The quantitative estimate of drug-likeness (QED) is 0.303. The van der Waals surface area contributed by atoms with E-state index in [1.165, 1.54) is 5.57 Å². The molecule has 1 aliphatic heterocycles. The van der Waals surface area contributed by atoms with Crippen molar-refractivity contribution in [2.45, 2.75) is 19.4 Å². The van der Waals surface area contributed by atoms with Crippen molar-refractivity contribution in [1.82, 2.24) is 5.32 Å². The Morgan fingerprint density at radius 2 is 2.22 bits per heavy atom. The third-order valence-corrected chi connectivity index (χ3v) is 2.17. The van der Waals surface area contributed by atoms with Gasteiger partial charge in [0.05, 0.1) is 0 Å². The number of nitrogens with one attached hydrogen (secondary N) is 1. The Morgan fingerprint density at radius 3 is 2.67 bits per heavy atom. The molecule has 102 valence electrons. The maximum Gasteiger partial charge on any atom is 0.414 e. The van der Waals surface area contributed by atoms with Crippen molar-refractivity contribution in [2.24, 2.45) is 5.16 Å². The van der Waals surface area contributed by atoms with Gasteiger partial charge in [0, 0.05) is 6.04 Å². The molecule has 0 amide bonds. The van der Waals surface area contributed by atoms with Crippen LogP contribution in [0.15, 0.2) is 16.8 Å². The van der Waals surface area contributed by atoms with Gasteiger partial charge in [-0.1, -0.05) is 22.8 Å². The van der Waals surface area contributed by atoms with Crippen LogP contribution in [0, 0.1) is 0 Å². The number of hydrogen-bond donors (Lipinski definition) is 3. The molecule has 1 atom stereocenters. The van der Waals surface area contributed by atoms with Gasteiger partial charge < -0.3 is 20.4 Å². The molecule has 0 aromatic heterocycles. The average molecular weight is 279 g/mol. The van der Waals surface area contributed by atoms with E-state index < -0.39 is 11.9 Å². The molecule has 7 nitrogen and oxygen atoms in total. The number of halogens is 1. The van der Waals surface area contributed by atoms with Gasteiger partial charge >= 0.3 is 11.9 Å². The summed E-state index contributed by atoms with van der Waals surface area (Å²) in [5.41, 5.74) is 2.37. The van der Waals surface area contributed by atoms with Crippen LogP contribution in [0.5, 0.6) is 0 Å². The van der Waals surface area contributed by atoms with E-state index in [1.807, 2.05) is 0 Å². The SMILES string of the molecule is CC1NCCC=C1CON=CCl.O=C(O)C(=O)O. The standard InChI is InChI=1S/C8H13ClN2O.C2H2O4/c1-7-8(3-2-4-10-7)5-12-11-6-9;3-1(4)2(5)6/h3,6-7,10H,2,4-5H2,1H3;(H,3,4)(H,5,6). The van der Waals surface area contributed by atoms with E-state index in [4.69, 9.17) is 36.2 Å². The molecule has 0 bridgehead atoms. The lowest BCUT2D eigenvalue weighted by molar-refractivity contribution is -0.159. The number of carboxylic acids is 2. The van der Waals surface area contributed by atoms with Gasteiger partial charge in [0.25, 0.3) is 0 Å². The summed E-state index contributed by atoms with van der Waals surface area (Å²) in [5.74, 6) is -3.65. The van der Waals surface area contributed by atoms with Gasteiger partial charge in [-0.25, -0.2) is 9.59 Å². The molecule has 0 radical (unpaired) electrons. The molecule has 0 saturated heterocycles. The van der Waals surface area contributed by atoms with Crippen molar-refractivity contribution >= 4 is 29.2 Å². The van der Waals surface area contributed by atoms with E-state index in [2.05, 4.69) is 23.5 Å². The first-order chi connectivity index (χ1) is 8.49. The Morgan fingerprint density at radius 1 is 1.61 bits per heavy atom. The lowest BCUT2D eigenvalue weighted by Crippen LogP contribution is -2.33. The number of hydrogen-bond acceptors (Lipinski definition) is 5. The van der Waals surface area contributed by atoms with Crippen molar-refractivity contribution in [3.8, 4) is 0 Å². The molecule has 0 spiro atoms. The molecule has 0 saturated carbocycles. The van der Waals surface area contributed by atoms with Crippen molar-refractivity contribution in [2.75, 3.05) is 13.2 Å². The van der Waals surface area contributed by atoms with Gasteiger partial charge in [-0.2, -0.15) is 0 Å². The number of nitrogens with zero attached hydrogens (tertiary/aromatic N) is 1. The predicted molar refractivity (Wildman–Crippen MR) is 65.7 cm³/mol. The smallest absolute Gasteiger partial charge is 0.414 e. The van der Waals surface area contributed by atoms with E-state index in [1.54, 1.807) is 0 Å². The molecular formula is C10H15ClN2O5. The predicted octanol–water partition coefficient (Wildman–Crippen LogP) is 0.649. The zero-order valence-corrected chi connectivity index (χ0v) is 10.6. The first-order valence-corrected chi connectivity index (χ1v) is 5.55. The first-order valence-electron chi connectivity index (χ1n) is 5.11. The number of rotatable bonds is 3. The van der Waals surface area contributed by atoms with Crippen LogP contribution in [-0.2, 0) is 14.4 Å². The summed E-state index contributed by atoms with van der Waals surface area (Å²) in [6.07, 6.45) is 3.25. The Labute approximate surface area is 109 Å². The maximum atomic E-state index is 9.10. The third-order valence-electron chi connectivity index (χ3n) is 2.09. The number of carboxylic acid groups (broad SMARTS) is 2. The summed E-state index contributed by atoms with van der Waals surface area (Å²) in [4.78, 5) is 23.1. The zero-order chi connectivity index (χ0) is 14.0. The van der Waals surface area contributed by atoms with Crippen LogP contribution in [0.4, 0.5) is 0 Å².